The van der Waals surface area contributed by atoms with Crippen LogP contribution in [-0.4, -0.2) is 191 Å². The minimum atomic E-state index is 0.557. The summed E-state index contributed by atoms with van der Waals surface area (Å²) in [6.07, 6.45) is 16.9. The molecule has 9 aromatic heterocycles. The number of morpholine rings is 3. The Bertz CT molecular complexity index is 3780. The molecule has 21 nitrogen and oxygen atoms in total. The fourth-order valence-electron chi connectivity index (χ4n) is 16.5. The van der Waals surface area contributed by atoms with E-state index in [9.17, 15) is 0 Å². The molecule has 3 saturated heterocycles. The molecule has 2 unspecified atom stereocenters. The number of nitrogens with one attached hydrogen (secondary N) is 3. The van der Waals surface area contributed by atoms with Crippen molar-refractivity contribution < 1.29 is 14.2 Å². The van der Waals surface area contributed by atoms with Gasteiger partial charge in [-0.1, -0.05) is 18.2 Å². The van der Waals surface area contributed by atoms with Crippen molar-refractivity contribution in [2.45, 2.75) is 114 Å². The molecule has 96 heavy (non-hydrogen) atoms. The first-order valence-electron chi connectivity index (χ1n) is 35.5. The van der Waals surface area contributed by atoms with Gasteiger partial charge in [-0.15, -0.1) is 0 Å². The first kappa shape index (κ1) is 62.5. The van der Waals surface area contributed by atoms with Gasteiger partial charge in [0.25, 0.3) is 0 Å². The minimum absolute atomic E-state index is 0.557. The summed E-state index contributed by atoms with van der Waals surface area (Å²) >= 11 is 0. The van der Waals surface area contributed by atoms with Crippen LogP contribution in [0.5, 0.6) is 0 Å². The number of imidazole rings is 3. The predicted molar refractivity (Wildman–Crippen MR) is 374 cm³/mol. The Morgan fingerprint density at radius 1 is 0.375 bits per heavy atom. The molecule has 0 spiro atoms. The number of aryl methyl sites for hydroxylation is 3. The zero-order valence-electron chi connectivity index (χ0n) is 55.9. The summed E-state index contributed by atoms with van der Waals surface area (Å²) in [5.41, 5.74) is 16.0. The number of ether oxygens (including phenoxy) is 3. The van der Waals surface area contributed by atoms with E-state index in [1.165, 1.54) is 109 Å². The highest BCUT2D eigenvalue weighted by atomic mass is 16.5. The van der Waals surface area contributed by atoms with Crippen LogP contribution >= 0.6 is 0 Å². The lowest BCUT2D eigenvalue weighted by atomic mass is 10.1. The first-order valence-corrected chi connectivity index (χ1v) is 35.5. The molecule has 15 heterocycles. The van der Waals surface area contributed by atoms with E-state index in [1.54, 1.807) is 0 Å². The third-order valence-corrected chi connectivity index (χ3v) is 21.2. The summed E-state index contributed by atoms with van der Waals surface area (Å²) in [4.78, 5) is 51.0. The van der Waals surface area contributed by atoms with Gasteiger partial charge in [0.2, 0.25) is 0 Å². The van der Waals surface area contributed by atoms with Gasteiger partial charge in [-0.2, -0.15) is 0 Å². The topological polar surface area (TPSA) is 204 Å². The second-order valence-corrected chi connectivity index (χ2v) is 27.5. The summed E-state index contributed by atoms with van der Waals surface area (Å²) in [5.74, 6) is 8.24. The van der Waals surface area contributed by atoms with Gasteiger partial charge in [0.15, 0.2) is 0 Å². The highest BCUT2D eigenvalue weighted by Gasteiger charge is 2.44. The van der Waals surface area contributed by atoms with E-state index < -0.39 is 0 Å². The van der Waals surface area contributed by atoms with E-state index in [1.807, 2.05) is 57.6 Å². The highest BCUT2D eigenvalue weighted by Crippen LogP contribution is 2.55. The van der Waals surface area contributed by atoms with Crippen molar-refractivity contribution in [3.8, 4) is 67.9 Å². The molecule has 6 fully saturated rings. The van der Waals surface area contributed by atoms with Crippen LogP contribution in [0.3, 0.4) is 0 Å². The van der Waals surface area contributed by atoms with E-state index in [2.05, 4.69) is 132 Å². The Labute approximate surface area is 562 Å². The zero-order chi connectivity index (χ0) is 64.5. The van der Waals surface area contributed by atoms with Crippen LogP contribution in [0.1, 0.15) is 128 Å². The summed E-state index contributed by atoms with van der Waals surface area (Å²) in [5, 5.41) is 10.6. The molecule has 6 bridgehead atoms. The van der Waals surface area contributed by atoms with Crippen LogP contribution in [0.15, 0.2) is 110 Å². The maximum Gasteiger partial charge on any atom is 0.126 e. The van der Waals surface area contributed by atoms with E-state index in [4.69, 9.17) is 44.1 Å². The lowest BCUT2D eigenvalue weighted by molar-refractivity contribution is 0.0398. The lowest BCUT2D eigenvalue weighted by Gasteiger charge is -2.26. The number of hydrogen-bond acceptors (Lipinski definition) is 18. The molecule has 9 aromatic rings. The van der Waals surface area contributed by atoms with E-state index in [0.29, 0.717) is 35.9 Å². The van der Waals surface area contributed by atoms with E-state index in [0.717, 1.165) is 187 Å². The number of nitrogens with zero attached hydrogens (tertiary/aromatic N) is 15. The molecule has 0 radical (unpaired) electrons. The van der Waals surface area contributed by atoms with E-state index >= 15 is 0 Å². The molecule has 3 saturated carbocycles. The van der Waals surface area contributed by atoms with Crippen LogP contribution in [-0.2, 0) is 14.2 Å². The Morgan fingerprint density at radius 2 is 0.677 bits per heavy atom. The normalized spacial score (nSPS) is 22.3. The maximum absolute atomic E-state index is 5.45. The molecule has 498 valence electrons. The molecule has 0 aromatic carbocycles. The number of rotatable bonds is 18. The second-order valence-electron chi connectivity index (χ2n) is 27.5. The summed E-state index contributed by atoms with van der Waals surface area (Å²) in [6, 6.07) is 33.1. The molecular weight excluding hydrogens is 1200 g/mol. The summed E-state index contributed by atoms with van der Waals surface area (Å²) in [6.45, 7) is 22.8. The fourth-order valence-corrected chi connectivity index (χ4v) is 16.5. The minimum Gasteiger partial charge on any atom is -0.379 e. The SMILES string of the molecule is Cc1cccc(-c2nc3n(c2-c2ccnc(NCCN4CCOCC4)c2)C2CCC3C2)n1.Cc1cccc(-c2nc3n(c2-c2ccnc(NCCN4CCOCC4)c2)[C@@H]2CC[C@H]3C2)n1.Cc1cccc(-c2nc3n(c2-c2ccnc(NCCN4CCOCC4)c2)[C@H]2CC[C@@H]3C2)n1. The molecule has 0 amide bonds. The second kappa shape index (κ2) is 28.0. The number of pyridine rings is 6. The summed E-state index contributed by atoms with van der Waals surface area (Å²) in [7, 11) is 0. The zero-order valence-corrected chi connectivity index (χ0v) is 55.9. The Balaban J connectivity index is 0.000000113. The van der Waals surface area contributed by atoms with Crippen molar-refractivity contribution in [1.82, 2.24) is 73.3 Å². The Morgan fingerprint density at radius 3 is 0.969 bits per heavy atom. The fraction of sp³-hybridized carbons (Fsp3) is 0.480. The predicted octanol–water partition coefficient (Wildman–Crippen LogP) is 11.6. The quantitative estimate of drug-likeness (QED) is 0.0731. The molecule has 3 N–H and O–H groups in total. The van der Waals surface area contributed by atoms with Gasteiger partial charge in [-0.05, 0) is 151 Å². The van der Waals surface area contributed by atoms with Crippen LogP contribution in [0.4, 0.5) is 17.5 Å². The summed E-state index contributed by atoms with van der Waals surface area (Å²) < 4.78 is 23.8. The van der Waals surface area contributed by atoms with Crippen LogP contribution in [0, 0.1) is 20.8 Å². The van der Waals surface area contributed by atoms with Gasteiger partial charge < -0.3 is 43.9 Å². The van der Waals surface area contributed by atoms with Gasteiger partial charge in [0.05, 0.1) is 73.8 Å². The van der Waals surface area contributed by atoms with Crippen molar-refractivity contribution in [3.63, 3.8) is 0 Å². The molecular formula is C75H90N18O3. The average Bonchev–Trinajstić information content (AvgIpc) is 1.59. The standard InChI is InChI=1S/3C25H30N6O/c3*1-17-3-2-4-21(28-17)23-24(31-20-6-5-19(15-20)25(31)29-23)18-7-8-26-22(16-18)27-9-10-30-11-13-32-14-12-30/h3*2-4,7-8,16,19-20H,5-6,9-15H2,1H3,(H,26,27)/t2*19-,20+;/m10./s1. The third-order valence-electron chi connectivity index (χ3n) is 21.2. The molecule has 3 aliphatic carbocycles. The van der Waals surface area contributed by atoms with E-state index in [-0.39, 0.29) is 0 Å². The Kier molecular flexibility index (Phi) is 18.2. The number of anilines is 3. The van der Waals surface area contributed by atoms with Crippen molar-refractivity contribution >= 4 is 17.5 Å². The largest absolute Gasteiger partial charge is 0.379 e. The van der Waals surface area contributed by atoms with Gasteiger partial charge in [0, 0.05) is 167 Å². The van der Waals surface area contributed by atoms with Gasteiger partial charge >= 0.3 is 0 Å². The van der Waals surface area contributed by atoms with Crippen molar-refractivity contribution in [1.29, 1.82) is 0 Å². The number of fused-ring (bicyclic) bond motifs is 15. The molecule has 6 aliphatic heterocycles. The smallest absolute Gasteiger partial charge is 0.126 e. The Hall–Kier alpha value is -8.31. The lowest BCUT2D eigenvalue weighted by Crippen LogP contribution is -2.39. The van der Waals surface area contributed by atoms with Gasteiger partial charge in [-0.25, -0.2) is 29.9 Å². The molecule has 6 atom stereocenters. The van der Waals surface area contributed by atoms with Crippen molar-refractivity contribution in [3.05, 3.63) is 144 Å². The highest BCUT2D eigenvalue weighted by molar-refractivity contribution is 5.82. The van der Waals surface area contributed by atoms with Gasteiger partial charge in [0.1, 0.15) is 52.0 Å². The molecule has 21 heteroatoms. The number of aromatic nitrogens is 12. The average molecular weight is 1290 g/mol. The van der Waals surface area contributed by atoms with Crippen molar-refractivity contribution in [2.75, 3.05) is 134 Å². The monoisotopic (exact) mass is 1290 g/mol. The van der Waals surface area contributed by atoms with Crippen LogP contribution < -0.4 is 16.0 Å². The van der Waals surface area contributed by atoms with Crippen LogP contribution in [0.2, 0.25) is 0 Å². The van der Waals surface area contributed by atoms with Gasteiger partial charge in [-0.3, -0.25) is 29.7 Å². The third kappa shape index (κ3) is 13.1. The molecule has 9 aliphatic rings. The maximum atomic E-state index is 5.45. The van der Waals surface area contributed by atoms with Crippen molar-refractivity contribution in [2.24, 2.45) is 0 Å². The van der Waals surface area contributed by atoms with Crippen LogP contribution in [0.25, 0.3) is 67.9 Å². The number of hydrogen-bond donors (Lipinski definition) is 3. The molecule has 18 rings (SSSR count). The first-order chi connectivity index (χ1) is 47.3.